The standard InChI is InChI=1S/C31H37NO5/c1-7-29(37-27-14-10-25(11-15-27)31(35)32-17-16-30(33)34)24-8-12-26(13-9-24)36-18-28-22(5)20(3)19(2)21(4)23(28)6/h8-15,29H,7,16-18H2,1-6H3,(H,32,35)(H,33,34)/t29-/m1/s1. The molecule has 2 N–H and O–H groups in total. The van der Waals surface area contributed by atoms with E-state index in [0.717, 1.165) is 17.7 Å². The molecule has 6 heteroatoms. The fourth-order valence-electron chi connectivity index (χ4n) is 4.35. The number of rotatable bonds is 11. The van der Waals surface area contributed by atoms with Crippen LogP contribution < -0.4 is 14.8 Å². The molecule has 0 aliphatic carbocycles. The summed E-state index contributed by atoms with van der Waals surface area (Å²) >= 11 is 0. The van der Waals surface area contributed by atoms with Crippen LogP contribution in [0.5, 0.6) is 11.5 Å². The lowest BCUT2D eigenvalue weighted by molar-refractivity contribution is -0.136. The van der Waals surface area contributed by atoms with Gasteiger partial charge in [0.1, 0.15) is 24.2 Å². The Balaban J connectivity index is 1.62. The van der Waals surface area contributed by atoms with Gasteiger partial charge >= 0.3 is 5.97 Å². The lowest BCUT2D eigenvalue weighted by Crippen LogP contribution is -2.25. The number of carboxylic acids is 1. The van der Waals surface area contributed by atoms with Gasteiger partial charge in [0.05, 0.1) is 6.42 Å². The van der Waals surface area contributed by atoms with Gasteiger partial charge < -0.3 is 19.9 Å². The van der Waals surface area contributed by atoms with Crippen molar-refractivity contribution in [3.05, 3.63) is 93.0 Å². The van der Waals surface area contributed by atoms with Crippen LogP contribution in [-0.2, 0) is 11.4 Å². The molecule has 0 heterocycles. The smallest absolute Gasteiger partial charge is 0.305 e. The predicted molar refractivity (Wildman–Crippen MR) is 146 cm³/mol. The molecule has 1 atom stereocenters. The molecule has 3 rings (SSSR count). The molecule has 0 bridgehead atoms. The van der Waals surface area contributed by atoms with Crippen LogP contribution in [0, 0.1) is 34.6 Å². The van der Waals surface area contributed by atoms with Crippen molar-refractivity contribution >= 4 is 11.9 Å². The van der Waals surface area contributed by atoms with E-state index >= 15 is 0 Å². The molecule has 0 saturated heterocycles. The molecule has 0 radical (unpaired) electrons. The van der Waals surface area contributed by atoms with Crippen molar-refractivity contribution in [1.29, 1.82) is 0 Å². The Hall–Kier alpha value is -3.80. The van der Waals surface area contributed by atoms with Crippen LogP contribution in [-0.4, -0.2) is 23.5 Å². The fourth-order valence-corrected chi connectivity index (χ4v) is 4.35. The average Bonchev–Trinajstić information content (AvgIpc) is 2.90. The van der Waals surface area contributed by atoms with E-state index in [2.05, 4.69) is 46.9 Å². The largest absolute Gasteiger partial charge is 0.489 e. The Labute approximate surface area is 219 Å². The third-order valence-electron chi connectivity index (χ3n) is 7.18. The number of carboxylic acid groups (broad SMARTS) is 1. The summed E-state index contributed by atoms with van der Waals surface area (Å²) in [5.74, 6) is 0.213. The maximum absolute atomic E-state index is 12.1. The van der Waals surface area contributed by atoms with Crippen molar-refractivity contribution in [3.63, 3.8) is 0 Å². The highest BCUT2D eigenvalue weighted by Gasteiger charge is 2.15. The second-order valence-corrected chi connectivity index (χ2v) is 9.40. The van der Waals surface area contributed by atoms with E-state index in [4.69, 9.17) is 14.6 Å². The summed E-state index contributed by atoms with van der Waals surface area (Å²) in [6, 6.07) is 14.9. The lowest BCUT2D eigenvalue weighted by atomic mass is 9.90. The van der Waals surface area contributed by atoms with Crippen LogP contribution in [0.25, 0.3) is 0 Å². The quantitative estimate of drug-likeness (QED) is 0.310. The molecular formula is C31H37NO5. The first-order chi connectivity index (χ1) is 17.6. The minimum atomic E-state index is -0.948. The van der Waals surface area contributed by atoms with Crippen molar-refractivity contribution in [2.45, 2.75) is 67.1 Å². The van der Waals surface area contributed by atoms with E-state index in [0.29, 0.717) is 17.9 Å². The zero-order valence-corrected chi connectivity index (χ0v) is 22.6. The Morgan fingerprint density at radius 1 is 0.811 bits per heavy atom. The van der Waals surface area contributed by atoms with Crippen LogP contribution in [0.4, 0.5) is 0 Å². The van der Waals surface area contributed by atoms with E-state index in [1.165, 1.54) is 33.4 Å². The third kappa shape index (κ3) is 6.91. The second kappa shape index (κ2) is 12.4. The molecule has 0 unspecified atom stereocenters. The number of carbonyl (C=O) groups is 2. The summed E-state index contributed by atoms with van der Waals surface area (Å²) in [6.45, 7) is 13.5. The number of aliphatic carboxylic acids is 1. The van der Waals surface area contributed by atoms with Gasteiger partial charge in [-0.2, -0.15) is 0 Å². The fraction of sp³-hybridized carbons (Fsp3) is 0.355. The molecule has 37 heavy (non-hydrogen) atoms. The lowest BCUT2D eigenvalue weighted by Gasteiger charge is -2.20. The number of benzene rings is 3. The van der Waals surface area contributed by atoms with Crippen molar-refractivity contribution in [1.82, 2.24) is 5.32 Å². The summed E-state index contributed by atoms with van der Waals surface area (Å²) in [5.41, 5.74) is 9.33. The summed E-state index contributed by atoms with van der Waals surface area (Å²) < 4.78 is 12.3. The molecular weight excluding hydrogens is 466 g/mol. The first-order valence-corrected chi connectivity index (χ1v) is 12.7. The third-order valence-corrected chi connectivity index (χ3v) is 7.18. The predicted octanol–water partition coefficient (Wildman–Crippen LogP) is 6.54. The molecule has 0 saturated carbocycles. The Morgan fingerprint density at radius 3 is 1.89 bits per heavy atom. The molecule has 0 spiro atoms. The van der Waals surface area contributed by atoms with Crippen LogP contribution in [0.2, 0.25) is 0 Å². The zero-order valence-electron chi connectivity index (χ0n) is 22.6. The Bertz CT molecular complexity index is 1220. The topological polar surface area (TPSA) is 84.9 Å². The first-order valence-electron chi connectivity index (χ1n) is 12.7. The molecule has 0 aliphatic rings. The summed E-state index contributed by atoms with van der Waals surface area (Å²) in [5, 5.41) is 11.3. The average molecular weight is 504 g/mol. The number of amides is 1. The van der Waals surface area contributed by atoms with Gasteiger partial charge in [0.25, 0.3) is 5.91 Å². The Kier molecular flexibility index (Phi) is 9.34. The Morgan fingerprint density at radius 2 is 1.35 bits per heavy atom. The molecule has 0 aromatic heterocycles. The van der Waals surface area contributed by atoms with Gasteiger partial charge in [-0.25, -0.2) is 0 Å². The molecule has 0 fully saturated rings. The number of hydrogen-bond donors (Lipinski definition) is 2. The number of ether oxygens (including phenoxy) is 2. The summed E-state index contributed by atoms with van der Waals surface area (Å²) in [7, 11) is 0. The summed E-state index contributed by atoms with van der Waals surface area (Å²) in [6.07, 6.45) is 0.522. The minimum absolute atomic E-state index is 0.0908. The van der Waals surface area contributed by atoms with Crippen LogP contribution in [0.15, 0.2) is 48.5 Å². The normalized spacial score (nSPS) is 11.6. The van der Waals surface area contributed by atoms with Crippen LogP contribution in [0.3, 0.4) is 0 Å². The number of nitrogens with one attached hydrogen (secondary N) is 1. The molecule has 1 amide bonds. The highest BCUT2D eigenvalue weighted by atomic mass is 16.5. The van der Waals surface area contributed by atoms with Crippen molar-refractivity contribution < 1.29 is 24.2 Å². The van der Waals surface area contributed by atoms with E-state index in [9.17, 15) is 9.59 Å². The van der Waals surface area contributed by atoms with Gasteiger partial charge in [-0.3, -0.25) is 9.59 Å². The zero-order chi connectivity index (χ0) is 27.1. The van der Waals surface area contributed by atoms with E-state index in [1.807, 2.05) is 24.3 Å². The molecule has 0 aliphatic heterocycles. The maximum Gasteiger partial charge on any atom is 0.305 e. The van der Waals surface area contributed by atoms with E-state index in [-0.39, 0.29) is 25.0 Å². The second-order valence-electron chi connectivity index (χ2n) is 9.40. The van der Waals surface area contributed by atoms with Crippen molar-refractivity contribution in [3.8, 4) is 11.5 Å². The maximum atomic E-state index is 12.1. The van der Waals surface area contributed by atoms with Gasteiger partial charge in [-0.1, -0.05) is 19.1 Å². The summed E-state index contributed by atoms with van der Waals surface area (Å²) in [4.78, 5) is 22.7. The SMILES string of the molecule is CC[C@@H](Oc1ccc(C(=O)NCCC(=O)O)cc1)c1ccc(OCc2c(C)c(C)c(C)c(C)c2C)cc1. The van der Waals surface area contributed by atoms with E-state index in [1.54, 1.807) is 24.3 Å². The van der Waals surface area contributed by atoms with Crippen molar-refractivity contribution in [2.24, 2.45) is 0 Å². The van der Waals surface area contributed by atoms with Crippen molar-refractivity contribution in [2.75, 3.05) is 6.54 Å². The van der Waals surface area contributed by atoms with Gasteiger partial charge in [0.15, 0.2) is 0 Å². The molecule has 6 nitrogen and oxygen atoms in total. The van der Waals surface area contributed by atoms with Crippen LogP contribution >= 0.6 is 0 Å². The highest BCUT2D eigenvalue weighted by Crippen LogP contribution is 2.29. The number of hydrogen-bond acceptors (Lipinski definition) is 4. The van der Waals surface area contributed by atoms with Gasteiger partial charge in [0.2, 0.25) is 0 Å². The van der Waals surface area contributed by atoms with Gasteiger partial charge in [0, 0.05) is 12.1 Å². The monoisotopic (exact) mass is 503 g/mol. The minimum Gasteiger partial charge on any atom is -0.489 e. The van der Waals surface area contributed by atoms with E-state index < -0.39 is 5.97 Å². The molecule has 3 aromatic rings. The van der Waals surface area contributed by atoms with Gasteiger partial charge in [-0.05, 0) is 116 Å². The first kappa shape index (κ1) is 27.8. The van der Waals surface area contributed by atoms with Crippen LogP contribution in [0.1, 0.15) is 75.2 Å². The molecule has 196 valence electrons. The number of carbonyl (C=O) groups excluding carboxylic acids is 1. The molecule has 3 aromatic carbocycles. The van der Waals surface area contributed by atoms with Gasteiger partial charge in [-0.15, -0.1) is 0 Å². The highest BCUT2D eigenvalue weighted by molar-refractivity contribution is 5.94.